The average molecular weight is 434 g/mol. The number of benzene rings is 5. The van der Waals surface area contributed by atoms with Crippen LogP contribution in [-0.4, -0.2) is 15.8 Å². The van der Waals surface area contributed by atoms with E-state index in [1.807, 2.05) is 0 Å². The third-order valence-corrected chi connectivity index (χ3v) is 7.95. The number of para-hydroxylation sites is 4. The summed E-state index contributed by atoms with van der Waals surface area (Å²) in [5, 5.41) is 4.87. The van der Waals surface area contributed by atoms with E-state index in [0.717, 1.165) is 22.4 Å². The quantitative estimate of drug-likeness (QED) is 0.292. The molecule has 4 heteroatoms. The molecule has 2 aliphatic heterocycles. The van der Waals surface area contributed by atoms with Crippen LogP contribution in [0.25, 0.3) is 55.0 Å². The molecule has 0 saturated heterocycles. The van der Waals surface area contributed by atoms with Gasteiger partial charge in [-0.25, -0.2) is 4.39 Å². The van der Waals surface area contributed by atoms with Crippen LogP contribution in [0.15, 0.2) is 97.1 Å². The first-order valence-corrected chi connectivity index (χ1v) is 11.7. The fourth-order valence-electron chi connectivity index (χ4n) is 6.79. The Bertz CT molecular complexity index is 1900. The summed E-state index contributed by atoms with van der Waals surface area (Å²) in [6.45, 7) is 0.0617. The molecule has 5 aromatic carbocycles. The maximum atomic E-state index is 15.4. The largest absolute Gasteiger partial charge is 0.310 e. The SMILES string of the molecule is Fc1cc2c3c(c1)-n1c4ccccc4c4cccc(c41)B3c1cccc3c4ccccc4n-2c13. The first-order valence-electron chi connectivity index (χ1n) is 11.7. The number of nitrogens with zero attached hydrogens (tertiary/aromatic N) is 2. The van der Waals surface area contributed by atoms with E-state index in [1.165, 1.54) is 49.0 Å². The monoisotopic (exact) mass is 434 g/mol. The van der Waals surface area contributed by atoms with Gasteiger partial charge in [0.05, 0.1) is 11.0 Å². The highest BCUT2D eigenvalue weighted by molar-refractivity contribution is 7.00. The molecule has 0 amide bonds. The predicted molar refractivity (Wildman–Crippen MR) is 140 cm³/mol. The topological polar surface area (TPSA) is 9.86 Å². The van der Waals surface area contributed by atoms with Gasteiger partial charge in [0.15, 0.2) is 0 Å². The molecule has 2 aliphatic rings. The fraction of sp³-hybridized carbons (Fsp3) is 0. The Morgan fingerprint density at radius 3 is 1.53 bits per heavy atom. The van der Waals surface area contributed by atoms with Crippen LogP contribution in [0.3, 0.4) is 0 Å². The van der Waals surface area contributed by atoms with E-state index in [4.69, 9.17) is 0 Å². The second kappa shape index (κ2) is 5.60. The lowest BCUT2D eigenvalue weighted by atomic mass is 9.34. The molecule has 9 rings (SSSR count). The normalized spacial score (nSPS) is 13.4. The van der Waals surface area contributed by atoms with Gasteiger partial charge in [0, 0.05) is 44.0 Å². The Balaban J connectivity index is 1.60. The number of halogens is 1. The Morgan fingerprint density at radius 1 is 0.529 bits per heavy atom. The standard InChI is InChI=1S/C30H16BFN2/c32-17-15-26-28-27(16-17)34-25-14-4-2-8-19(25)21-10-6-12-23(30(21)34)31(28)22-11-5-9-20-18-7-1-3-13-24(18)33(26)29(20)22/h1-16H. The van der Waals surface area contributed by atoms with Crippen LogP contribution in [0.2, 0.25) is 0 Å². The van der Waals surface area contributed by atoms with Gasteiger partial charge in [0.25, 0.3) is 6.71 Å². The zero-order chi connectivity index (χ0) is 22.1. The average Bonchev–Trinajstić information content (AvgIpc) is 3.39. The van der Waals surface area contributed by atoms with Crippen LogP contribution in [0, 0.1) is 5.82 Å². The van der Waals surface area contributed by atoms with Crippen molar-refractivity contribution in [1.82, 2.24) is 9.13 Å². The second-order valence-corrected chi connectivity index (χ2v) is 9.48. The van der Waals surface area contributed by atoms with Crippen molar-refractivity contribution < 1.29 is 4.39 Å². The highest BCUT2D eigenvalue weighted by Gasteiger charge is 2.40. The molecule has 156 valence electrons. The lowest BCUT2D eigenvalue weighted by Gasteiger charge is -2.33. The van der Waals surface area contributed by atoms with Crippen molar-refractivity contribution in [1.29, 1.82) is 0 Å². The summed E-state index contributed by atoms with van der Waals surface area (Å²) in [4.78, 5) is 0. The molecule has 0 aliphatic carbocycles. The molecule has 0 radical (unpaired) electrons. The number of aromatic nitrogens is 2. The van der Waals surface area contributed by atoms with Gasteiger partial charge in [-0.3, -0.25) is 0 Å². The first-order chi connectivity index (χ1) is 16.8. The minimum absolute atomic E-state index is 0.0617. The molecule has 0 bridgehead atoms. The van der Waals surface area contributed by atoms with Crippen LogP contribution in [0.5, 0.6) is 0 Å². The molecular weight excluding hydrogens is 418 g/mol. The molecule has 0 spiro atoms. The van der Waals surface area contributed by atoms with E-state index in [2.05, 4.69) is 94.1 Å². The molecule has 0 atom stereocenters. The molecule has 34 heavy (non-hydrogen) atoms. The summed E-state index contributed by atoms with van der Waals surface area (Å²) in [6.07, 6.45) is 0. The van der Waals surface area contributed by atoms with Gasteiger partial charge in [0.2, 0.25) is 0 Å². The van der Waals surface area contributed by atoms with Gasteiger partial charge < -0.3 is 9.13 Å². The minimum atomic E-state index is -0.205. The summed E-state index contributed by atoms with van der Waals surface area (Å²) in [5.41, 5.74) is 10.3. The number of fused-ring (bicyclic) bond motifs is 10. The van der Waals surface area contributed by atoms with E-state index in [9.17, 15) is 0 Å². The first kappa shape index (κ1) is 17.2. The maximum Gasteiger partial charge on any atom is 0.252 e. The lowest BCUT2D eigenvalue weighted by Crippen LogP contribution is -2.59. The van der Waals surface area contributed by atoms with Crippen molar-refractivity contribution in [3.63, 3.8) is 0 Å². The summed E-state index contributed by atoms with van der Waals surface area (Å²) >= 11 is 0. The van der Waals surface area contributed by atoms with Crippen LogP contribution >= 0.6 is 0 Å². The Morgan fingerprint density at radius 2 is 1.00 bits per heavy atom. The second-order valence-electron chi connectivity index (χ2n) is 9.48. The van der Waals surface area contributed by atoms with Crippen molar-refractivity contribution in [3.8, 4) is 11.4 Å². The van der Waals surface area contributed by atoms with Gasteiger partial charge in [-0.2, -0.15) is 0 Å². The highest BCUT2D eigenvalue weighted by atomic mass is 19.1. The Kier molecular flexibility index (Phi) is 2.83. The number of hydrogen-bond acceptors (Lipinski definition) is 0. The van der Waals surface area contributed by atoms with Crippen molar-refractivity contribution in [2.45, 2.75) is 0 Å². The zero-order valence-electron chi connectivity index (χ0n) is 18.1. The minimum Gasteiger partial charge on any atom is -0.310 e. The van der Waals surface area contributed by atoms with Crippen LogP contribution in [0.1, 0.15) is 0 Å². The summed E-state index contributed by atoms with van der Waals surface area (Å²) < 4.78 is 20.0. The molecular formula is C30H16BFN2. The molecule has 2 nitrogen and oxygen atoms in total. The number of rotatable bonds is 0. The van der Waals surface area contributed by atoms with E-state index >= 15 is 4.39 Å². The van der Waals surface area contributed by atoms with Crippen molar-refractivity contribution in [2.24, 2.45) is 0 Å². The Labute approximate surface area is 194 Å². The predicted octanol–water partition coefficient (Wildman–Crippen LogP) is 5.16. The molecule has 0 saturated carbocycles. The van der Waals surface area contributed by atoms with Gasteiger partial charge in [-0.05, 0) is 40.7 Å². The summed E-state index contributed by atoms with van der Waals surface area (Å²) in [6, 6.07) is 33.7. The lowest BCUT2D eigenvalue weighted by molar-refractivity contribution is 0.626. The zero-order valence-corrected chi connectivity index (χ0v) is 18.1. The van der Waals surface area contributed by atoms with E-state index in [1.54, 1.807) is 12.1 Å². The third kappa shape index (κ3) is 1.77. The smallest absolute Gasteiger partial charge is 0.252 e. The highest BCUT2D eigenvalue weighted by Crippen LogP contribution is 2.38. The molecule has 4 heterocycles. The van der Waals surface area contributed by atoms with E-state index in [0.29, 0.717) is 0 Å². The molecule has 7 aromatic rings. The summed E-state index contributed by atoms with van der Waals surface area (Å²) in [7, 11) is 0. The maximum absolute atomic E-state index is 15.4. The third-order valence-electron chi connectivity index (χ3n) is 7.95. The molecule has 2 aromatic heterocycles. The van der Waals surface area contributed by atoms with Gasteiger partial charge >= 0.3 is 0 Å². The molecule has 0 N–H and O–H groups in total. The van der Waals surface area contributed by atoms with E-state index < -0.39 is 0 Å². The van der Waals surface area contributed by atoms with E-state index in [-0.39, 0.29) is 12.5 Å². The van der Waals surface area contributed by atoms with Crippen LogP contribution < -0.4 is 16.4 Å². The van der Waals surface area contributed by atoms with Crippen molar-refractivity contribution >= 4 is 66.7 Å². The van der Waals surface area contributed by atoms with Crippen molar-refractivity contribution in [3.05, 3.63) is 103 Å². The molecule has 0 unspecified atom stereocenters. The van der Waals surface area contributed by atoms with Crippen LogP contribution in [-0.2, 0) is 0 Å². The number of hydrogen-bond donors (Lipinski definition) is 0. The van der Waals surface area contributed by atoms with Gasteiger partial charge in [-0.1, -0.05) is 72.8 Å². The van der Waals surface area contributed by atoms with Crippen molar-refractivity contribution in [2.75, 3.05) is 0 Å². The summed E-state index contributed by atoms with van der Waals surface area (Å²) in [5.74, 6) is -0.205. The van der Waals surface area contributed by atoms with Gasteiger partial charge in [-0.15, -0.1) is 0 Å². The molecule has 0 fully saturated rings. The van der Waals surface area contributed by atoms with Gasteiger partial charge in [0.1, 0.15) is 5.82 Å². The Hall–Kier alpha value is -4.31. The van der Waals surface area contributed by atoms with Crippen LogP contribution in [0.4, 0.5) is 4.39 Å². The fourth-order valence-corrected chi connectivity index (χ4v) is 6.79.